The Hall–Kier alpha value is -4.27. The highest BCUT2D eigenvalue weighted by molar-refractivity contribution is 6.12. The van der Waals surface area contributed by atoms with Crippen LogP contribution in [0.1, 0.15) is 17.3 Å². The molecule has 0 radical (unpaired) electrons. The first kappa shape index (κ1) is 21.0. The number of carboxylic acids is 1. The molecule has 2 aromatic heterocycles. The topological polar surface area (TPSA) is 128 Å². The highest BCUT2D eigenvalue weighted by atomic mass is 16.5. The molecule has 0 bridgehead atoms. The van der Waals surface area contributed by atoms with Gasteiger partial charge in [-0.3, -0.25) is 4.79 Å². The zero-order valence-corrected chi connectivity index (χ0v) is 17.3. The van der Waals surface area contributed by atoms with Crippen LogP contribution in [-0.2, 0) is 9.53 Å². The Labute approximate surface area is 181 Å². The summed E-state index contributed by atoms with van der Waals surface area (Å²) in [6.45, 7) is 1.02. The van der Waals surface area contributed by atoms with Crippen molar-refractivity contribution in [3.63, 3.8) is 0 Å². The fourth-order valence-electron chi connectivity index (χ4n) is 3.56. The normalized spacial score (nSPS) is 10.9. The maximum atomic E-state index is 13.1. The van der Waals surface area contributed by atoms with Gasteiger partial charge in [-0.2, -0.15) is 0 Å². The summed E-state index contributed by atoms with van der Waals surface area (Å²) in [6, 6.07) is 11.9. The van der Waals surface area contributed by atoms with Gasteiger partial charge >= 0.3 is 11.9 Å². The summed E-state index contributed by atoms with van der Waals surface area (Å²) < 4.78 is 22.0. The average molecular weight is 437 g/mol. The van der Waals surface area contributed by atoms with Gasteiger partial charge in [0.1, 0.15) is 11.1 Å². The second-order valence-electron chi connectivity index (χ2n) is 6.75. The van der Waals surface area contributed by atoms with E-state index in [0.29, 0.717) is 16.5 Å². The van der Waals surface area contributed by atoms with Gasteiger partial charge in [-0.25, -0.2) is 9.59 Å². The largest absolute Gasteiger partial charge is 0.493 e. The molecular weight excluding hydrogens is 418 g/mol. The molecule has 0 spiro atoms. The SMILES string of the molecule is CCOC(=O)c1c(-c2cccc(OC)c2OCC(=O)O)c2oc3ccccc3c2[nH]c1=O. The van der Waals surface area contributed by atoms with Crippen molar-refractivity contribution in [2.24, 2.45) is 0 Å². The highest BCUT2D eigenvalue weighted by Gasteiger charge is 2.28. The number of aromatic nitrogens is 1. The van der Waals surface area contributed by atoms with E-state index in [2.05, 4.69) is 4.98 Å². The molecule has 4 rings (SSSR count). The molecule has 0 aliphatic carbocycles. The van der Waals surface area contributed by atoms with Gasteiger partial charge in [0.15, 0.2) is 23.7 Å². The molecule has 0 amide bonds. The van der Waals surface area contributed by atoms with Crippen molar-refractivity contribution in [3.8, 4) is 22.6 Å². The van der Waals surface area contributed by atoms with Crippen LogP contribution in [-0.4, -0.2) is 42.4 Å². The maximum absolute atomic E-state index is 13.1. The maximum Gasteiger partial charge on any atom is 0.344 e. The first-order chi connectivity index (χ1) is 15.5. The van der Waals surface area contributed by atoms with Crippen molar-refractivity contribution in [1.82, 2.24) is 4.98 Å². The molecule has 4 aromatic rings. The van der Waals surface area contributed by atoms with E-state index in [1.807, 2.05) is 0 Å². The Morgan fingerprint density at radius 3 is 2.62 bits per heavy atom. The van der Waals surface area contributed by atoms with Crippen LogP contribution in [0.15, 0.2) is 51.7 Å². The zero-order valence-electron chi connectivity index (χ0n) is 17.3. The molecular formula is C23H19NO8. The van der Waals surface area contributed by atoms with Crippen LogP contribution in [0.4, 0.5) is 0 Å². The van der Waals surface area contributed by atoms with E-state index < -0.39 is 24.1 Å². The summed E-state index contributed by atoms with van der Waals surface area (Å²) >= 11 is 0. The van der Waals surface area contributed by atoms with E-state index in [1.165, 1.54) is 7.11 Å². The minimum atomic E-state index is -1.20. The number of para-hydroxylation sites is 2. The second kappa shape index (κ2) is 8.46. The molecule has 32 heavy (non-hydrogen) atoms. The van der Waals surface area contributed by atoms with Gasteiger partial charge in [0.2, 0.25) is 0 Å². The van der Waals surface area contributed by atoms with Gasteiger partial charge in [0.25, 0.3) is 5.56 Å². The Morgan fingerprint density at radius 2 is 1.91 bits per heavy atom. The number of fused-ring (bicyclic) bond motifs is 3. The first-order valence-corrected chi connectivity index (χ1v) is 9.72. The molecule has 0 aliphatic heterocycles. The number of benzene rings is 2. The number of H-pyrrole nitrogens is 1. The third-order valence-electron chi connectivity index (χ3n) is 4.83. The molecule has 2 aromatic carbocycles. The highest BCUT2D eigenvalue weighted by Crippen LogP contribution is 2.43. The number of hydrogen-bond acceptors (Lipinski definition) is 7. The number of carbonyl (C=O) groups excluding carboxylic acids is 1. The standard InChI is InChI=1S/C23H19NO8/c1-3-30-23(28)18-17(13-8-6-10-15(29-2)20(13)31-11-16(25)26)21-19(24-22(18)27)12-7-4-5-9-14(12)32-21/h4-10H,3,11H2,1-2H3,(H,24,27)(H,25,26). The third-order valence-corrected chi connectivity index (χ3v) is 4.83. The lowest BCUT2D eigenvalue weighted by molar-refractivity contribution is -0.139. The summed E-state index contributed by atoms with van der Waals surface area (Å²) in [4.78, 5) is 39.7. The van der Waals surface area contributed by atoms with Crippen molar-refractivity contribution < 1.29 is 33.3 Å². The number of nitrogens with one attached hydrogen (secondary N) is 1. The first-order valence-electron chi connectivity index (χ1n) is 9.72. The second-order valence-corrected chi connectivity index (χ2v) is 6.75. The summed E-state index contributed by atoms with van der Waals surface area (Å²) in [5.74, 6) is -1.77. The van der Waals surface area contributed by atoms with Crippen molar-refractivity contribution in [2.75, 3.05) is 20.3 Å². The number of aliphatic carboxylic acids is 1. The lowest BCUT2D eigenvalue weighted by atomic mass is 9.98. The van der Waals surface area contributed by atoms with Crippen LogP contribution in [0, 0.1) is 0 Å². The Morgan fingerprint density at radius 1 is 1.12 bits per heavy atom. The van der Waals surface area contributed by atoms with E-state index in [0.717, 1.165) is 0 Å². The van der Waals surface area contributed by atoms with E-state index in [4.69, 9.17) is 23.7 Å². The monoisotopic (exact) mass is 437 g/mol. The van der Waals surface area contributed by atoms with E-state index in [1.54, 1.807) is 49.4 Å². The van der Waals surface area contributed by atoms with Crippen LogP contribution in [0.5, 0.6) is 11.5 Å². The van der Waals surface area contributed by atoms with Gasteiger partial charge in [-0.05, 0) is 25.1 Å². The van der Waals surface area contributed by atoms with Gasteiger partial charge in [0, 0.05) is 10.9 Å². The smallest absolute Gasteiger partial charge is 0.344 e. The van der Waals surface area contributed by atoms with Gasteiger partial charge in [-0.1, -0.05) is 24.3 Å². The fourth-order valence-corrected chi connectivity index (χ4v) is 3.56. The molecule has 164 valence electrons. The summed E-state index contributed by atoms with van der Waals surface area (Å²) in [6.07, 6.45) is 0. The molecule has 2 heterocycles. The number of pyridine rings is 1. The zero-order chi connectivity index (χ0) is 22.8. The average Bonchev–Trinajstić information content (AvgIpc) is 3.14. The van der Waals surface area contributed by atoms with E-state index in [-0.39, 0.29) is 40.4 Å². The third kappa shape index (κ3) is 3.53. The van der Waals surface area contributed by atoms with Crippen molar-refractivity contribution in [3.05, 3.63) is 58.4 Å². The van der Waals surface area contributed by atoms with Crippen molar-refractivity contribution >= 4 is 34.0 Å². The lowest BCUT2D eigenvalue weighted by Gasteiger charge is -2.16. The molecule has 2 N–H and O–H groups in total. The van der Waals surface area contributed by atoms with Gasteiger partial charge < -0.3 is 28.7 Å². The van der Waals surface area contributed by atoms with E-state index >= 15 is 0 Å². The molecule has 0 fully saturated rings. The molecule has 0 unspecified atom stereocenters. The van der Waals surface area contributed by atoms with Crippen molar-refractivity contribution in [1.29, 1.82) is 0 Å². The number of aromatic amines is 1. The predicted octanol–water partition coefficient (Wildman–Crippen LogP) is 3.59. The number of hydrogen-bond donors (Lipinski definition) is 2. The number of furan rings is 1. The molecule has 0 saturated carbocycles. The number of rotatable bonds is 7. The number of esters is 1. The summed E-state index contributed by atoms with van der Waals surface area (Å²) in [7, 11) is 1.40. The van der Waals surface area contributed by atoms with E-state index in [9.17, 15) is 14.4 Å². The Bertz CT molecular complexity index is 1400. The predicted molar refractivity (Wildman–Crippen MR) is 115 cm³/mol. The number of carbonyl (C=O) groups is 2. The van der Waals surface area contributed by atoms with Gasteiger partial charge in [-0.15, -0.1) is 0 Å². The lowest BCUT2D eigenvalue weighted by Crippen LogP contribution is -2.21. The minimum absolute atomic E-state index is 0.0512. The molecule has 0 saturated heterocycles. The summed E-state index contributed by atoms with van der Waals surface area (Å²) in [5.41, 5.74) is 0.525. The quantitative estimate of drug-likeness (QED) is 0.420. The fraction of sp³-hybridized carbons (Fsp3) is 0.174. The Kier molecular flexibility index (Phi) is 5.55. The molecule has 0 atom stereocenters. The van der Waals surface area contributed by atoms with Crippen molar-refractivity contribution in [2.45, 2.75) is 6.92 Å². The van der Waals surface area contributed by atoms with Crippen LogP contribution >= 0.6 is 0 Å². The molecule has 9 nitrogen and oxygen atoms in total. The molecule has 0 aliphatic rings. The minimum Gasteiger partial charge on any atom is -0.493 e. The molecule has 9 heteroatoms. The van der Waals surface area contributed by atoms with Crippen LogP contribution in [0.25, 0.3) is 33.2 Å². The Balaban J connectivity index is 2.13. The van der Waals surface area contributed by atoms with Crippen LogP contribution < -0.4 is 15.0 Å². The van der Waals surface area contributed by atoms with Crippen LogP contribution in [0.2, 0.25) is 0 Å². The number of methoxy groups -OCH3 is 1. The van der Waals surface area contributed by atoms with Crippen LogP contribution in [0.3, 0.4) is 0 Å². The van der Waals surface area contributed by atoms with Gasteiger partial charge in [0.05, 0.1) is 24.8 Å². The summed E-state index contributed by atoms with van der Waals surface area (Å²) in [5, 5.41) is 9.76. The number of carboxylic acid groups (broad SMARTS) is 1. The number of ether oxygens (including phenoxy) is 3.